The Bertz CT molecular complexity index is 838. The predicted octanol–water partition coefficient (Wildman–Crippen LogP) is 3.65. The molecule has 1 aromatic carbocycles. The molecule has 9 heteroatoms. The molecule has 0 unspecified atom stereocenters. The van der Waals surface area contributed by atoms with Crippen LogP contribution < -0.4 is 15.4 Å². The van der Waals surface area contributed by atoms with Crippen LogP contribution in [0, 0.1) is 5.92 Å². The molecular weight excluding hydrogens is 439 g/mol. The third-order valence-electron chi connectivity index (χ3n) is 5.53. The molecule has 2 amide bonds. The van der Waals surface area contributed by atoms with E-state index in [1.54, 1.807) is 12.4 Å². The maximum atomic E-state index is 12.6. The summed E-state index contributed by atoms with van der Waals surface area (Å²) in [4.78, 5) is 31.0. The average molecular weight is 467 g/mol. The van der Waals surface area contributed by atoms with Crippen LogP contribution in [-0.2, 0) is 9.59 Å². The summed E-state index contributed by atoms with van der Waals surface area (Å²) in [5.74, 6) is 1.48. The molecule has 3 heterocycles. The predicted molar refractivity (Wildman–Crippen MR) is 124 cm³/mol. The van der Waals surface area contributed by atoms with Crippen molar-refractivity contribution in [1.82, 2.24) is 15.2 Å². The molecule has 2 N–H and O–H groups in total. The van der Waals surface area contributed by atoms with E-state index in [0.29, 0.717) is 37.4 Å². The Balaban J connectivity index is 0.00000171. The number of ether oxygens (including phenoxy) is 1. The number of rotatable bonds is 5. The molecule has 2 aliphatic heterocycles. The quantitative estimate of drug-likeness (QED) is 0.702. The van der Waals surface area contributed by atoms with Gasteiger partial charge in [-0.05, 0) is 68.6 Å². The molecule has 2 saturated heterocycles. The molecule has 4 rings (SSSR count). The maximum Gasteiger partial charge on any atom is 0.239 e. The molecule has 31 heavy (non-hydrogen) atoms. The van der Waals surface area contributed by atoms with Gasteiger partial charge in [0.05, 0.1) is 12.2 Å². The highest BCUT2D eigenvalue weighted by molar-refractivity contribution is 5.93. The van der Waals surface area contributed by atoms with Crippen LogP contribution in [0.5, 0.6) is 11.5 Å². The van der Waals surface area contributed by atoms with E-state index in [-0.39, 0.29) is 48.6 Å². The van der Waals surface area contributed by atoms with E-state index in [2.05, 4.69) is 15.6 Å². The summed E-state index contributed by atoms with van der Waals surface area (Å²) in [5, 5.41) is 6.24. The standard InChI is InChI=1S/C22H26N4O3.2ClH/c27-21(16-9-13-26(14-10-16)22(28)20-4-2-12-24-20)25-17-5-7-18(8-6-17)29-19-3-1-11-23-15-19;;/h1,3,5-8,11,15-16,20,24H,2,4,9-10,12-14H2,(H,25,27);2*1H/t20-;;/m1../s1. The highest BCUT2D eigenvalue weighted by atomic mass is 35.5. The number of likely N-dealkylation sites (tertiary alicyclic amines) is 1. The van der Waals surface area contributed by atoms with E-state index < -0.39 is 0 Å². The van der Waals surface area contributed by atoms with Gasteiger partial charge in [0, 0.05) is 30.9 Å². The van der Waals surface area contributed by atoms with Crippen molar-refractivity contribution in [2.45, 2.75) is 31.7 Å². The van der Waals surface area contributed by atoms with Crippen LogP contribution in [-0.4, -0.2) is 47.4 Å². The van der Waals surface area contributed by atoms with Crippen LogP contribution in [0.3, 0.4) is 0 Å². The lowest BCUT2D eigenvalue weighted by Crippen LogP contribution is -2.48. The SMILES string of the molecule is Cl.Cl.O=C(Nc1ccc(Oc2cccnc2)cc1)C1CCN(C(=O)[C@H]2CCCN2)CC1. The number of carbonyl (C=O) groups excluding carboxylic acids is 2. The second-order valence-corrected chi connectivity index (χ2v) is 7.55. The second-order valence-electron chi connectivity index (χ2n) is 7.55. The fraction of sp³-hybridized carbons (Fsp3) is 0.409. The molecule has 0 saturated carbocycles. The van der Waals surface area contributed by atoms with Gasteiger partial charge in [0.1, 0.15) is 11.5 Å². The monoisotopic (exact) mass is 466 g/mol. The lowest BCUT2D eigenvalue weighted by Gasteiger charge is -2.33. The molecule has 0 aliphatic carbocycles. The third kappa shape index (κ3) is 6.56. The smallest absolute Gasteiger partial charge is 0.239 e. The first-order valence-corrected chi connectivity index (χ1v) is 10.2. The molecule has 1 atom stereocenters. The van der Waals surface area contributed by atoms with Crippen molar-refractivity contribution in [2.24, 2.45) is 5.92 Å². The Morgan fingerprint density at radius 1 is 1.03 bits per heavy atom. The lowest BCUT2D eigenvalue weighted by atomic mass is 9.95. The minimum Gasteiger partial charge on any atom is -0.456 e. The van der Waals surface area contributed by atoms with Gasteiger partial charge in [-0.15, -0.1) is 24.8 Å². The van der Waals surface area contributed by atoms with Gasteiger partial charge in [0.2, 0.25) is 11.8 Å². The van der Waals surface area contributed by atoms with Crippen LogP contribution in [0.25, 0.3) is 0 Å². The molecular formula is C22H28Cl2N4O3. The van der Waals surface area contributed by atoms with E-state index in [0.717, 1.165) is 25.1 Å². The number of nitrogens with one attached hydrogen (secondary N) is 2. The highest BCUT2D eigenvalue weighted by Crippen LogP contribution is 2.24. The topological polar surface area (TPSA) is 83.6 Å². The second kappa shape index (κ2) is 11.9. The Hall–Kier alpha value is -2.35. The van der Waals surface area contributed by atoms with E-state index in [1.165, 1.54) is 0 Å². The van der Waals surface area contributed by atoms with Crippen molar-refractivity contribution < 1.29 is 14.3 Å². The Morgan fingerprint density at radius 3 is 2.39 bits per heavy atom. The number of amides is 2. The molecule has 0 bridgehead atoms. The number of halogens is 2. The molecule has 1 aromatic heterocycles. The zero-order valence-corrected chi connectivity index (χ0v) is 18.8. The number of nitrogens with zero attached hydrogens (tertiary/aromatic N) is 2. The number of piperidine rings is 1. The van der Waals surface area contributed by atoms with Gasteiger partial charge >= 0.3 is 0 Å². The van der Waals surface area contributed by atoms with E-state index in [9.17, 15) is 9.59 Å². The van der Waals surface area contributed by atoms with Gasteiger partial charge in [0.15, 0.2) is 0 Å². The molecule has 2 aromatic rings. The summed E-state index contributed by atoms with van der Waals surface area (Å²) in [6.45, 7) is 2.21. The number of hydrogen-bond donors (Lipinski definition) is 2. The molecule has 7 nitrogen and oxygen atoms in total. The van der Waals surface area contributed by atoms with Gasteiger partial charge in [-0.3, -0.25) is 14.6 Å². The summed E-state index contributed by atoms with van der Waals surface area (Å²) >= 11 is 0. The first-order valence-electron chi connectivity index (χ1n) is 10.2. The number of anilines is 1. The van der Waals surface area contributed by atoms with E-state index in [4.69, 9.17) is 4.74 Å². The highest BCUT2D eigenvalue weighted by Gasteiger charge is 2.31. The van der Waals surface area contributed by atoms with Crippen LogP contribution >= 0.6 is 24.8 Å². The summed E-state index contributed by atoms with van der Waals surface area (Å²) in [7, 11) is 0. The summed E-state index contributed by atoms with van der Waals surface area (Å²) in [5.41, 5.74) is 0.738. The fourth-order valence-corrected chi connectivity index (χ4v) is 3.87. The number of hydrogen-bond acceptors (Lipinski definition) is 5. The zero-order chi connectivity index (χ0) is 20.1. The number of benzene rings is 1. The number of aromatic nitrogens is 1. The van der Waals surface area contributed by atoms with Crippen LogP contribution in [0.4, 0.5) is 5.69 Å². The zero-order valence-electron chi connectivity index (χ0n) is 17.2. The molecule has 168 valence electrons. The minimum atomic E-state index is -0.0677. The van der Waals surface area contributed by atoms with Crippen molar-refractivity contribution >= 4 is 42.3 Å². The Morgan fingerprint density at radius 2 is 1.77 bits per heavy atom. The van der Waals surface area contributed by atoms with Crippen molar-refractivity contribution in [3.05, 3.63) is 48.8 Å². The first-order chi connectivity index (χ1) is 14.2. The molecule has 2 aliphatic rings. The average Bonchev–Trinajstić information content (AvgIpc) is 3.30. The molecule has 0 radical (unpaired) electrons. The van der Waals surface area contributed by atoms with Gasteiger partial charge < -0.3 is 20.3 Å². The molecule has 2 fully saturated rings. The van der Waals surface area contributed by atoms with Gasteiger partial charge in [-0.25, -0.2) is 0 Å². The van der Waals surface area contributed by atoms with Crippen molar-refractivity contribution in [3.8, 4) is 11.5 Å². The van der Waals surface area contributed by atoms with Crippen LogP contribution in [0.2, 0.25) is 0 Å². The van der Waals surface area contributed by atoms with Gasteiger partial charge in [-0.2, -0.15) is 0 Å². The van der Waals surface area contributed by atoms with Gasteiger partial charge in [0.25, 0.3) is 0 Å². The Kier molecular flexibility index (Phi) is 9.55. The van der Waals surface area contributed by atoms with Crippen molar-refractivity contribution in [1.29, 1.82) is 0 Å². The lowest BCUT2D eigenvalue weighted by molar-refractivity contribution is -0.136. The maximum absolute atomic E-state index is 12.6. The minimum absolute atomic E-state index is 0. The van der Waals surface area contributed by atoms with Crippen molar-refractivity contribution in [2.75, 3.05) is 25.0 Å². The van der Waals surface area contributed by atoms with Crippen LogP contribution in [0.1, 0.15) is 25.7 Å². The van der Waals surface area contributed by atoms with Crippen molar-refractivity contribution in [3.63, 3.8) is 0 Å². The molecule has 0 spiro atoms. The summed E-state index contributed by atoms with van der Waals surface area (Å²) in [6, 6.07) is 10.9. The van der Waals surface area contributed by atoms with Crippen LogP contribution in [0.15, 0.2) is 48.8 Å². The van der Waals surface area contributed by atoms with E-state index in [1.807, 2.05) is 41.3 Å². The summed E-state index contributed by atoms with van der Waals surface area (Å²) in [6.07, 6.45) is 6.72. The normalized spacial score (nSPS) is 18.5. The number of pyridine rings is 1. The Labute approximate surface area is 194 Å². The number of carbonyl (C=O) groups is 2. The first kappa shape index (κ1) is 24.9. The van der Waals surface area contributed by atoms with E-state index >= 15 is 0 Å². The largest absolute Gasteiger partial charge is 0.456 e. The van der Waals surface area contributed by atoms with Gasteiger partial charge in [-0.1, -0.05) is 0 Å². The fourth-order valence-electron chi connectivity index (χ4n) is 3.87. The summed E-state index contributed by atoms with van der Waals surface area (Å²) < 4.78 is 5.71. The third-order valence-corrected chi connectivity index (χ3v) is 5.53.